The largest absolute Gasteiger partial charge is 0.493 e. The molecule has 0 radical (unpaired) electrons. The van der Waals surface area contributed by atoms with Crippen molar-refractivity contribution in [3.05, 3.63) is 107 Å². The van der Waals surface area contributed by atoms with E-state index >= 15 is 0 Å². The van der Waals surface area contributed by atoms with Crippen LogP contribution in [0.4, 0.5) is 0 Å². The van der Waals surface area contributed by atoms with Crippen LogP contribution >= 0.6 is 11.6 Å². The predicted molar refractivity (Wildman–Crippen MR) is 146 cm³/mol. The maximum Gasteiger partial charge on any atom is 0.224 e. The second kappa shape index (κ2) is 11.3. The first-order valence-corrected chi connectivity index (χ1v) is 12.6. The Morgan fingerprint density at radius 3 is 2.58 bits per heavy atom. The summed E-state index contributed by atoms with van der Waals surface area (Å²) < 4.78 is 8.39. The second-order valence-electron chi connectivity index (χ2n) is 8.75. The maximum absolute atomic E-state index is 12.4. The van der Waals surface area contributed by atoms with Crippen LogP contribution in [0.15, 0.2) is 91.0 Å². The fourth-order valence-corrected chi connectivity index (χ4v) is 4.58. The van der Waals surface area contributed by atoms with Gasteiger partial charge < -0.3 is 14.6 Å². The van der Waals surface area contributed by atoms with Crippen LogP contribution in [0.3, 0.4) is 0 Å². The van der Waals surface area contributed by atoms with Crippen LogP contribution < -0.4 is 10.1 Å². The third-order valence-electron chi connectivity index (χ3n) is 6.22. The lowest BCUT2D eigenvalue weighted by molar-refractivity contribution is -0.120. The van der Waals surface area contributed by atoms with Gasteiger partial charge in [0.2, 0.25) is 5.91 Å². The molecular weight excluding hydrogens is 470 g/mol. The molecule has 1 N–H and O–H groups in total. The van der Waals surface area contributed by atoms with Gasteiger partial charge in [0.25, 0.3) is 0 Å². The molecule has 5 nitrogen and oxygen atoms in total. The van der Waals surface area contributed by atoms with Crippen molar-refractivity contribution in [1.82, 2.24) is 14.9 Å². The quantitative estimate of drug-likeness (QED) is 0.233. The van der Waals surface area contributed by atoms with E-state index in [0.717, 1.165) is 46.5 Å². The molecule has 5 rings (SSSR count). The lowest BCUT2D eigenvalue weighted by Gasteiger charge is -2.12. The van der Waals surface area contributed by atoms with Crippen molar-refractivity contribution in [2.24, 2.45) is 0 Å². The minimum atomic E-state index is -0.0107. The number of rotatable bonds is 10. The highest BCUT2D eigenvalue weighted by atomic mass is 35.5. The molecule has 36 heavy (non-hydrogen) atoms. The summed E-state index contributed by atoms with van der Waals surface area (Å²) in [6.45, 7) is 1.93. The van der Waals surface area contributed by atoms with Gasteiger partial charge in [-0.2, -0.15) is 0 Å². The molecule has 0 saturated carbocycles. The highest BCUT2D eigenvalue weighted by Gasteiger charge is 2.11. The Morgan fingerprint density at radius 1 is 0.917 bits per heavy atom. The molecule has 0 saturated heterocycles. The summed E-state index contributed by atoms with van der Waals surface area (Å²) in [5.74, 6) is 1.86. The molecule has 4 aromatic carbocycles. The van der Waals surface area contributed by atoms with Crippen LogP contribution in [0.25, 0.3) is 21.8 Å². The molecule has 0 atom stereocenters. The summed E-state index contributed by atoms with van der Waals surface area (Å²) in [6.07, 6.45) is 1.84. The third-order valence-corrected chi connectivity index (χ3v) is 6.47. The van der Waals surface area contributed by atoms with Crippen LogP contribution in [0, 0.1) is 0 Å². The monoisotopic (exact) mass is 497 g/mol. The number of ether oxygens (including phenoxy) is 1. The van der Waals surface area contributed by atoms with Gasteiger partial charge in [-0.25, -0.2) is 4.98 Å². The molecule has 0 bridgehead atoms. The number of nitrogens with one attached hydrogen (secondary N) is 1. The minimum absolute atomic E-state index is 0.0107. The molecule has 5 aromatic rings. The minimum Gasteiger partial charge on any atom is -0.493 e. The third kappa shape index (κ3) is 5.69. The van der Waals surface area contributed by atoms with Crippen molar-refractivity contribution in [2.75, 3.05) is 13.2 Å². The van der Waals surface area contributed by atoms with Crippen molar-refractivity contribution in [2.45, 2.75) is 25.8 Å². The smallest absolute Gasteiger partial charge is 0.224 e. The van der Waals surface area contributed by atoms with Crippen LogP contribution in [0.2, 0.25) is 5.02 Å². The Hall–Kier alpha value is -3.83. The molecule has 1 heterocycles. The number of fused-ring (bicyclic) bond motifs is 2. The molecule has 0 aliphatic heterocycles. The van der Waals surface area contributed by atoms with E-state index in [1.807, 2.05) is 54.6 Å². The zero-order valence-corrected chi connectivity index (χ0v) is 20.7. The Morgan fingerprint density at radius 2 is 1.69 bits per heavy atom. The van der Waals surface area contributed by atoms with Gasteiger partial charge in [0.1, 0.15) is 11.6 Å². The van der Waals surface area contributed by atoms with E-state index in [-0.39, 0.29) is 5.91 Å². The van der Waals surface area contributed by atoms with Gasteiger partial charge in [-0.1, -0.05) is 72.3 Å². The van der Waals surface area contributed by atoms with Gasteiger partial charge in [-0.3, -0.25) is 4.79 Å². The molecule has 0 aliphatic rings. The van der Waals surface area contributed by atoms with Gasteiger partial charge >= 0.3 is 0 Å². The topological polar surface area (TPSA) is 56.2 Å². The van der Waals surface area contributed by atoms with E-state index < -0.39 is 0 Å². The van der Waals surface area contributed by atoms with Gasteiger partial charge in [-0.05, 0) is 47.7 Å². The summed E-state index contributed by atoms with van der Waals surface area (Å²) in [7, 11) is 0. The van der Waals surface area contributed by atoms with E-state index in [1.165, 1.54) is 5.39 Å². The number of nitrogens with zero attached hydrogens (tertiary/aromatic N) is 2. The zero-order valence-electron chi connectivity index (χ0n) is 20.0. The van der Waals surface area contributed by atoms with E-state index in [0.29, 0.717) is 31.0 Å². The van der Waals surface area contributed by atoms with Crippen molar-refractivity contribution in [3.63, 3.8) is 0 Å². The van der Waals surface area contributed by atoms with Crippen molar-refractivity contribution < 1.29 is 9.53 Å². The average Bonchev–Trinajstić information content (AvgIpc) is 3.25. The summed E-state index contributed by atoms with van der Waals surface area (Å²) >= 11 is 5.93. The Kier molecular flexibility index (Phi) is 7.48. The summed E-state index contributed by atoms with van der Waals surface area (Å²) in [5, 5.41) is 5.99. The van der Waals surface area contributed by atoms with E-state index in [4.69, 9.17) is 21.3 Å². The second-order valence-corrected chi connectivity index (χ2v) is 9.19. The highest BCUT2D eigenvalue weighted by molar-refractivity contribution is 6.30. The van der Waals surface area contributed by atoms with Crippen molar-refractivity contribution in [3.8, 4) is 5.75 Å². The molecule has 0 spiro atoms. The number of imidazole rings is 1. The number of halogens is 1. The highest BCUT2D eigenvalue weighted by Crippen LogP contribution is 2.25. The summed E-state index contributed by atoms with van der Waals surface area (Å²) in [5.41, 5.74) is 3.01. The Balaban J connectivity index is 1.19. The molecule has 0 unspecified atom stereocenters. The van der Waals surface area contributed by atoms with Gasteiger partial charge in [0.05, 0.1) is 24.1 Å². The van der Waals surface area contributed by atoms with Crippen molar-refractivity contribution in [1.29, 1.82) is 0 Å². The fraction of sp³-hybridized carbons (Fsp3) is 0.200. The molecule has 0 aliphatic carbocycles. The fourth-order valence-electron chi connectivity index (χ4n) is 4.46. The first-order valence-electron chi connectivity index (χ1n) is 12.2. The molecule has 1 amide bonds. The number of carbonyl (C=O) groups excluding carboxylic acids is 1. The van der Waals surface area contributed by atoms with E-state index in [2.05, 4.69) is 34.1 Å². The van der Waals surface area contributed by atoms with Crippen LogP contribution in [-0.2, 0) is 24.2 Å². The van der Waals surface area contributed by atoms with Crippen molar-refractivity contribution >= 4 is 39.3 Å². The molecule has 0 fully saturated rings. The van der Waals surface area contributed by atoms with E-state index in [1.54, 1.807) is 12.1 Å². The van der Waals surface area contributed by atoms with Gasteiger partial charge in [-0.15, -0.1) is 0 Å². The Bertz CT molecular complexity index is 1470. The summed E-state index contributed by atoms with van der Waals surface area (Å²) in [6, 6.07) is 29.9. The number of carbonyl (C=O) groups is 1. The van der Waals surface area contributed by atoms with Crippen LogP contribution in [-0.4, -0.2) is 28.6 Å². The lowest BCUT2D eigenvalue weighted by Crippen LogP contribution is -2.28. The first kappa shape index (κ1) is 23.9. The van der Waals surface area contributed by atoms with Crippen LogP contribution in [0.1, 0.15) is 17.8 Å². The maximum atomic E-state index is 12.4. The van der Waals surface area contributed by atoms with Gasteiger partial charge in [0, 0.05) is 29.9 Å². The Labute approximate surface area is 215 Å². The predicted octanol–water partition coefficient (Wildman–Crippen LogP) is 6.21. The SMILES string of the molecule is O=C(Cc1ccc(Cl)cc1)NCCc1nc2ccccc2n1CCCOc1cccc2ccccc12. The normalized spacial score (nSPS) is 11.1. The summed E-state index contributed by atoms with van der Waals surface area (Å²) in [4.78, 5) is 17.2. The number of amides is 1. The first-order chi connectivity index (χ1) is 17.7. The number of hydrogen-bond donors (Lipinski definition) is 1. The van der Waals surface area contributed by atoms with E-state index in [9.17, 15) is 4.79 Å². The lowest BCUT2D eigenvalue weighted by atomic mass is 10.1. The molecule has 182 valence electrons. The number of para-hydroxylation sites is 2. The molecule has 1 aromatic heterocycles. The number of benzene rings is 4. The molecule has 6 heteroatoms. The average molecular weight is 498 g/mol. The standard InChI is InChI=1S/C30H28ClN3O2/c31-24-15-13-22(14-16-24)21-30(35)32-18-17-29-33-26-10-3-4-11-27(26)34(29)19-6-20-36-28-12-5-8-23-7-1-2-9-25(23)28/h1-5,7-16H,6,17-21H2,(H,32,35). The number of aryl methyl sites for hydroxylation is 1. The zero-order chi connectivity index (χ0) is 24.7. The molecular formula is C30H28ClN3O2. The van der Waals surface area contributed by atoms with Crippen LogP contribution in [0.5, 0.6) is 5.75 Å². The van der Waals surface area contributed by atoms with Gasteiger partial charge in [0.15, 0.2) is 0 Å². The number of hydrogen-bond acceptors (Lipinski definition) is 3. The number of aromatic nitrogens is 2.